The van der Waals surface area contributed by atoms with Gasteiger partial charge in [-0.2, -0.15) is 0 Å². The summed E-state index contributed by atoms with van der Waals surface area (Å²) in [7, 11) is 3.08. The Morgan fingerprint density at radius 3 is 2.28 bits per heavy atom. The number of aromatic nitrogens is 1. The fraction of sp³-hybridized carbons (Fsp3) is 0.125. The summed E-state index contributed by atoms with van der Waals surface area (Å²) in [6.07, 6.45) is 1.74. The van der Waals surface area contributed by atoms with Gasteiger partial charge in [0.2, 0.25) is 0 Å². The summed E-state index contributed by atoms with van der Waals surface area (Å²) in [6.45, 7) is 0. The van der Waals surface area contributed by atoms with Gasteiger partial charge in [-0.25, -0.2) is 0 Å². The SMILES string of the molecule is COc1ccc(Oc2ccc(N3C(=S)N[C@@H](c4ccccn4)[C@@H]3c3ccc(-c4ccc([N+](=O)[O-])cc4OC)o3)cc2)cc1. The Kier molecular flexibility index (Phi) is 7.63. The van der Waals surface area contributed by atoms with Crippen LogP contribution in [0.15, 0.2) is 108 Å². The molecule has 0 aliphatic carbocycles. The molecule has 0 unspecified atom stereocenters. The van der Waals surface area contributed by atoms with Crippen LogP contribution < -0.4 is 24.4 Å². The third kappa shape index (κ3) is 5.57. The van der Waals surface area contributed by atoms with E-state index in [0.717, 1.165) is 17.1 Å². The molecule has 1 aliphatic heterocycles. The van der Waals surface area contributed by atoms with Crippen molar-refractivity contribution in [3.63, 3.8) is 0 Å². The average Bonchev–Trinajstić information content (AvgIpc) is 3.66. The van der Waals surface area contributed by atoms with Gasteiger partial charge in [-0.15, -0.1) is 0 Å². The molecule has 0 spiro atoms. The zero-order valence-corrected chi connectivity index (χ0v) is 24.0. The molecule has 1 fully saturated rings. The van der Waals surface area contributed by atoms with Crippen molar-refractivity contribution >= 4 is 28.7 Å². The van der Waals surface area contributed by atoms with Crippen molar-refractivity contribution in [3.05, 3.63) is 125 Å². The fourth-order valence-corrected chi connectivity index (χ4v) is 5.38. The molecule has 6 rings (SSSR count). The average molecular weight is 595 g/mol. The summed E-state index contributed by atoms with van der Waals surface area (Å²) in [5, 5.41) is 15.2. The summed E-state index contributed by atoms with van der Waals surface area (Å²) in [4.78, 5) is 17.4. The minimum absolute atomic E-state index is 0.0708. The Morgan fingerprint density at radius 1 is 0.907 bits per heavy atom. The number of furan rings is 1. The van der Waals surface area contributed by atoms with E-state index in [1.807, 2.05) is 83.8 Å². The Bertz CT molecular complexity index is 1760. The second kappa shape index (κ2) is 11.8. The molecule has 2 aromatic heterocycles. The monoisotopic (exact) mass is 594 g/mol. The van der Waals surface area contributed by atoms with Crippen molar-refractivity contribution in [2.24, 2.45) is 0 Å². The quantitative estimate of drug-likeness (QED) is 0.106. The van der Waals surface area contributed by atoms with Gasteiger partial charge in [0.25, 0.3) is 5.69 Å². The van der Waals surface area contributed by atoms with Gasteiger partial charge in [0.15, 0.2) is 5.11 Å². The van der Waals surface area contributed by atoms with E-state index in [4.69, 9.17) is 30.8 Å². The summed E-state index contributed by atoms with van der Waals surface area (Å²) in [5.41, 5.74) is 2.14. The van der Waals surface area contributed by atoms with Crippen molar-refractivity contribution in [1.82, 2.24) is 10.3 Å². The first-order chi connectivity index (χ1) is 20.9. The number of pyridine rings is 1. The third-order valence-electron chi connectivity index (χ3n) is 7.09. The van der Waals surface area contributed by atoms with Gasteiger partial charge in [-0.1, -0.05) is 6.07 Å². The maximum Gasteiger partial charge on any atom is 0.273 e. The van der Waals surface area contributed by atoms with Crippen molar-refractivity contribution in [3.8, 4) is 34.3 Å². The van der Waals surface area contributed by atoms with Crippen LogP contribution in [0.25, 0.3) is 11.3 Å². The van der Waals surface area contributed by atoms with Gasteiger partial charge in [0.1, 0.15) is 40.6 Å². The third-order valence-corrected chi connectivity index (χ3v) is 7.40. The van der Waals surface area contributed by atoms with Crippen molar-refractivity contribution < 1.29 is 23.6 Å². The molecule has 3 heterocycles. The predicted molar refractivity (Wildman–Crippen MR) is 165 cm³/mol. The molecule has 0 saturated carbocycles. The van der Waals surface area contributed by atoms with E-state index in [1.54, 1.807) is 19.4 Å². The molecule has 0 radical (unpaired) electrons. The lowest BCUT2D eigenvalue weighted by Crippen LogP contribution is -2.29. The summed E-state index contributed by atoms with van der Waals surface area (Å²) < 4.78 is 23.1. The molecular formula is C32H26N4O6S. The van der Waals surface area contributed by atoms with E-state index in [9.17, 15) is 10.1 Å². The minimum Gasteiger partial charge on any atom is -0.497 e. The number of nitro groups is 1. The number of non-ortho nitro benzene ring substituents is 1. The van der Waals surface area contributed by atoms with Crippen LogP contribution in [0.2, 0.25) is 0 Å². The molecule has 43 heavy (non-hydrogen) atoms. The number of nitrogens with zero attached hydrogens (tertiary/aromatic N) is 3. The van der Waals surface area contributed by atoms with Crippen LogP contribution in [0.5, 0.6) is 23.0 Å². The maximum atomic E-state index is 11.3. The topological polar surface area (TPSA) is 112 Å². The highest BCUT2D eigenvalue weighted by molar-refractivity contribution is 7.80. The number of nitro benzene ring substituents is 1. The number of methoxy groups -OCH3 is 2. The number of thiocarbonyl (C=S) groups is 1. The summed E-state index contributed by atoms with van der Waals surface area (Å²) >= 11 is 5.84. The largest absolute Gasteiger partial charge is 0.497 e. The standard InChI is InChI=1S/C32H26N4O6S/c1-39-22-11-13-24(14-12-22)41-23-9-6-20(7-10-23)35-31(30(34-32(35)43)26-5-3-4-18-33-26)28-17-16-27(42-28)25-15-8-21(36(37)38)19-29(25)40-2/h3-19,30-31H,1-2H3,(H,34,43)/t30-,31-/m0/s1. The minimum atomic E-state index is -0.465. The number of hydrogen-bond donors (Lipinski definition) is 1. The van der Waals surface area contributed by atoms with Crippen molar-refractivity contribution in [2.45, 2.75) is 12.1 Å². The molecular weight excluding hydrogens is 568 g/mol. The zero-order chi connectivity index (χ0) is 29.9. The Labute approximate surface area is 252 Å². The summed E-state index contributed by atoms with van der Waals surface area (Å²) in [6, 6.07) is 28.1. The van der Waals surface area contributed by atoms with E-state index in [-0.39, 0.29) is 11.7 Å². The van der Waals surface area contributed by atoms with Crippen LogP contribution >= 0.6 is 12.2 Å². The van der Waals surface area contributed by atoms with Crippen LogP contribution in [-0.4, -0.2) is 29.2 Å². The maximum absolute atomic E-state index is 11.3. The Balaban J connectivity index is 1.34. The first-order valence-corrected chi connectivity index (χ1v) is 13.7. The summed E-state index contributed by atoms with van der Waals surface area (Å²) in [5.74, 6) is 3.56. The zero-order valence-electron chi connectivity index (χ0n) is 23.2. The van der Waals surface area contributed by atoms with Gasteiger partial charge in [-0.05, 0) is 91.1 Å². The Hall–Kier alpha value is -5.42. The number of rotatable bonds is 9. The van der Waals surface area contributed by atoms with Gasteiger partial charge in [0, 0.05) is 18.0 Å². The predicted octanol–water partition coefficient (Wildman–Crippen LogP) is 7.24. The molecule has 1 aliphatic rings. The Morgan fingerprint density at radius 2 is 1.63 bits per heavy atom. The van der Waals surface area contributed by atoms with E-state index >= 15 is 0 Å². The lowest BCUT2D eigenvalue weighted by Gasteiger charge is -2.26. The number of hydrogen-bond acceptors (Lipinski definition) is 8. The van der Waals surface area contributed by atoms with Crippen LogP contribution in [0.3, 0.4) is 0 Å². The molecule has 216 valence electrons. The molecule has 1 saturated heterocycles. The second-order valence-electron chi connectivity index (χ2n) is 9.61. The van der Waals surface area contributed by atoms with Crippen LogP contribution in [-0.2, 0) is 0 Å². The highest BCUT2D eigenvalue weighted by Gasteiger charge is 2.42. The van der Waals surface area contributed by atoms with Crippen LogP contribution in [0.1, 0.15) is 23.5 Å². The van der Waals surface area contributed by atoms with E-state index < -0.39 is 11.0 Å². The molecule has 0 bridgehead atoms. The van der Waals surface area contributed by atoms with E-state index in [1.165, 1.54) is 19.2 Å². The van der Waals surface area contributed by atoms with E-state index in [2.05, 4.69) is 10.3 Å². The molecule has 1 N–H and O–H groups in total. The lowest BCUT2D eigenvalue weighted by molar-refractivity contribution is -0.384. The molecule has 2 atom stereocenters. The van der Waals surface area contributed by atoms with Gasteiger partial charge >= 0.3 is 0 Å². The van der Waals surface area contributed by atoms with E-state index in [0.29, 0.717) is 39.4 Å². The highest BCUT2D eigenvalue weighted by atomic mass is 32.1. The first kappa shape index (κ1) is 27.7. The number of nitrogens with one attached hydrogen (secondary N) is 1. The molecule has 3 aromatic carbocycles. The van der Waals surface area contributed by atoms with Gasteiger partial charge in [0.05, 0.1) is 42.5 Å². The second-order valence-corrected chi connectivity index (χ2v) is 10.00. The number of anilines is 1. The highest BCUT2D eigenvalue weighted by Crippen LogP contribution is 2.44. The molecule has 5 aromatic rings. The van der Waals surface area contributed by atoms with Gasteiger partial charge < -0.3 is 28.8 Å². The number of benzene rings is 3. The number of ether oxygens (including phenoxy) is 3. The fourth-order valence-electron chi connectivity index (χ4n) is 5.03. The lowest BCUT2D eigenvalue weighted by atomic mass is 10.0. The molecule has 11 heteroatoms. The normalized spacial score (nSPS) is 16.0. The van der Waals surface area contributed by atoms with Gasteiger partial charge in [-0.3, -0.25) is 15.1 Å². The van der Waals surface area contributed by atoms with Crippen molar-refractivity contribution in [2.75, 3.05) is 19.1 Å². The first-order valence-electron chi connectivity index (χ1n) is 13.3. The van der Waals surface area contributed by atoms with Crippen molar-refractivity contribution in [1.29, 1.82) is 0 Å². The smallest absolute Gasteiger partial charge is 0.273 e. The van der Waals surface area contributed by atoms with Crippen LogP contribution in [0.4, 0.5) is 11.4 Å². The van der Waals surface area contributed by atoms with Crippen LogP contribution in [0, 0.1) is 10.1 Å². The molecule has 0 amide bonds. The molecule has 10 nitrogen and oxygen atoms in total.